The van der Waals surface area contributed by atoms with Gasteiger partial charge in [-0.2, -0.15) is 0 Å². The van der Waals surface area contributed by atoms with Crippen molar-refractivity contribution in [1.29, 1.82) is 0 Å². The van der Waals surface area contributed by atoms with E-state index in [-0.39, 0.29) is 0 Å². The van der Waals surface area contributed by atoms with Crippen LogP contribution in [0.2, 0.25) is 0 Å². The van der Waals surface area contributed by atoms with E-state index in [9.17, 15) is 0 Å². The summed E-state index contributed by atoms with van der Waals surface area (Å²) in [6.45, 7) is 4.31. The number of hydrogen-bond acceptors (Lipinski definition) is 0. The molecule has 0 bridgehead atoms. The Hall–Kier alpha value is -4.76. The lowest BCUT2D eigenvalue weighted by molar-refractivity contribution is 1.46. The number of rotatable bonds is 2. The van der Waals surface area contributed by atoms with Crippen LogP contribution in [0, 0.1) is 13.8 Å². The van der Waals surface area contributed by atoms with Crippen LogP contribution < -0.4 is 0 Å². The zero-order valence-corrected chi connectivity index (χ0v) is 29.9. The highest BCUT2D eigenvalue weighted by atomic mass is 79.9. The molecule has 0 radical (unpaired) electrons. The minimum atomic E-state index is 1.13. The third-order valence-electron chi connectivity index (χ3n) is 9.37. The molecule has 0 aliphatic carbocycles. The maximum absolute atomic E-state index is 3.78. The van der Waals surface area contributed by atoms with E-state index in [1.54, 1.807) is 0 Å². The summed E-state index contributed by atoms with van der Waals surface area (Å²) in [5, 5.41) is 13.1. The number of aryl methyl sites for hydroxylation is 2. The Morgan fingerprint density at radius 2 is 0.833 bits per heavy atom. The molecule has 0 heterocycles. The first-order valence-electron chi connectivity index (χ1n) is 16.2. The number of benzene rings is 9. The first kappa shape index (κ1) is 30.6. The molecule has 0 unspecified atom stereocenters. The van der Waals surface area contributed by atoms with Gasteiger partial charge in [0.2, 0.25) is 0 Å². The third-order valence-corrected chi connectivity index (χ3v) is 10.7. The number of halogens is 2. The second-order valence-electron chi connectivity index (χ2n) is 12.5. The molecule has 0 aromatic heterocycles. The molecule has 48 heavy (non-hydrogen) atoms. The molecule has 0 spiro atoms. The van der Waals surface area contributed by atoms with Gasteiger partial charge in [0.15, 0.2) is 0 Å². The molecule has 0 nitrogen and oxygen atoms in total. The zero-order chi connectivity index (χ0) is 32.8. The van der Waals surface area contributed by atoms with E-state index in [2.05, 4.69) is 203 Å². The highest BCUT2D eigenvalue weighted by Crippen LogP contribution is 2.42. The monoisotopic (exact) mass is 742 g/mol. The van der Waals surface area contributed by atoms with Crippen molar-refractivity contribution in [2.75, 3.05) is 0 Å². The Morgan fingerprint density at radius 1 is 0.312 bits per heavy atom. The second kappa shape index (κ2) is 12.7. The molecule has 0 atom stereocenters. The van der Waals surface area contributed by atoms with Gasteiger partial charge in [0.05, 0.1) is 0 Å². The Labute approximate surface area is 297 Å². The lowest BCUT2D eigenvalue weighted by atomic mass is 9.90. The summed E-state index contributed by atoms with van der Waals surface area (Å²) in [6, 6.07) is 56.7. The van der Waals surface area contributed by atoms with Gasteiger partial charge in [0, 0.05) is 8.95 Å². The van der Waals surface area contributed by atoms with E-state index < -0.39 is 0 Å². The second-order valence-corrected chi connectivity index (χ2v) is 14.2. The van der Waals surface area contributed by atoms with E-state index in [1.807, 2.05) is 0 Å². The molecular formula is C46H32Br2. The van der Waals surface area contributed by atoms with E-state index in [0.29, 0.717) is 0 Å². The van der Waals surface area contributed by atoms with Crippen LogP contribution >= 0.6 is 31.9 Å². The molecule has 0 saturated carbocycles. The molecule has 230 valence electrons. The molecule has 0 saturated heterocycles. The maximum Gasteiger partial charge on any atom is 0.0260 e. The normalized spacial score (nSPS) is 11.3. The van der Waals surface area contributed by atoms with Crippen LogP contribution in [0.25, 0.3) is 76.1 Å². The molecule has 9 aromatic carbocycles. The van der Waals surface area contributed by atoms with Crippen LogP contribution in [-0.4, -0.2) is 0 Å². The van der Waals surface area contributed by atoms with Gasteiger partial charge < -0.3 is 0 Å². The first-order valence-corrected chi connectivity index (χ1v) is 17.8. The predicted molar refractivity (Wildman–Crippen MR) is 216 cm³/mol. The summed E-state index contributed by atoms with van der Waals surface area (Å²) in [7, 11) is 0. The summed E-state index contributed by atoms with van der Waals surface area (Å²) in [6.07, 6.45) is 0. The van der Waals surface area contributed by atoms with E-state index >= 15 is 0 Å². The van der Waals surface area contributed by atoms with Crippen molar-refractivity contribution < 1.29 is 0 Å². The van der Waals surface area contributed by atoms with Gasteiger partial charge in [-0.25, -0.2) is 0 Å². The zero-order valence-electron chi connectivity index (χ0n) is 26.8. The van der Waals surface area contributed by atoms with E-state index in [4.69, 9.17) is 0 Å². The molecule has 0 fully saturated rings. The van der Waals surface area contributed by atoms with Crippen molar-refractivity contribution in [2.24, 2.45) is 0 Å². The summed E-state index contributed by atoms with van der Waals surface area (Å²) in [4.78, 5) is 0. The number of hydrogen-bond donors (Lipinski definition) is 0. The fourth-order valence-electron chi connectivity index (χ4n) is 7.13. The van der Waals surface area contributed by atoms with Gasteiger partial charge in [0.25, 0.3) is 0 Å². The molecule has 9 rings (SSSR count). The van der Waals surface area contributed by atoms with Crippen molar-refractivity contribution in [3.05, 3.63) is 178 Å². The number of fused-ring (bicyclic) bond motifs is 9. The van der Waals surface area contributed by atoms with Gasteiger partial charge >= 0.3 is 0 Å². The molecule has 2 heteroatoms. The summed E-state index contributed by atoms with van der Waals surface area (Å²) in [5.74, 6) is 0. The van der Waals surface area contributed by atoms with Crippen LogP contribution in [0.15, 0.2) is 167 Å². The quantitative estimate of drug-likeness (QED) is 0.155. The Bertz CT molecular complexity index is 2650. The van der Waals surface area contributed by atoms with Gasteiger partial charge in [-0.1, -0.05) is 189 Å². The molecule has 0 N–H and O–H groups in total. The molecule has 0 aliphatic heterocycles. The van der Waals surface area contributed by atoms with E-state index in [0.717, 1.165) is 8.95 Å². The molecular weight excluding hydrogens is 712 g/mol. The third kappa shape index (κ3) is 5.40. The van der Waals surface area contributed by atoms with Crippen molar-refractivity contribution in [3.8, 4) is 22.3 Å². The van der Waals surface area contributed by atoms with Crippen LogP contribution in [0.1, 0.15) is 11.1 Å². The van der Waals surface area contributed by atoms with Crippen molar-refractivity contribution in [2.45, 2.75) is 13.8 Å². The Balaban J connectivity index is 0.000000140. The smallest absolute Gasteiger partial charge is 0.0260 e. The first-order chi connectivity index (χ1) is 23.5. The van der Waals surface area contributed by atoms with Gasteiger partial charge in [0.1, 0.15) is 0 Å². The molecule has 0 amide bonds. The van der Waals surface area contributed by atoms with Crippen molar-refractivity contribution >= 4 is 85.7 Å². The molecule has 0 aliphatic rings. The summed E-state index contributed by atoms with van der Waals surface area (Å²) >= 11 is 7.46. The minimum Gasteiger partial charge on any atom is -0.0622 e. The maximum atomic E-state index is 3.78. The lowest BCUT2D eigenvalue weighted by Gasteiger charge is -2.14. The fraction of sp³-hybridized carbons (Fsp3) is 0.0435. The van der Waals surface area contributed by atoms with Crippen LogP contribution in [0.5, 0.6) is 0 Å². The van der Waals surface area contributed by atoms with Gasteiger partial charge in [-0.15, -0.1) is 0 Å². The summed E-state index contributed by atoms with van der Waals surface area (Å²) < 4.78 is 2.29. The van der Waals surface area contributed by atoms with Gasteiger partial charge in [-0.3, -0.25) is 0 Å². The fourth-order valence-corrected chi connectivity index (χ4v) is 8.18. The average Bonchev–Trinajstić information content (AvgIpc) is 3.13. The Morgan fingerprint density at radius 3 is 1.56 bits per heavy atom. The van der Waals surface area contributed by atoms with E-state index in [1.165, 1.54) is 87.2 Å². The highest BCUT2D eigenvalue weighted by Gasteiger charge is 2.14. The largest absolute Gasteiger partial charge is 0.0622 e. The van der Waals surface area contributed by atoms with Crippen molar-refractivity contribution in [1.82, 2.24) is 0 Å². The predicted octanol–water partition coefficient (Wildman–Crippen LogP) is 14.6. The van der Waals surface area contributed by atoms with Gasteiger partial charge in [-0.05, 0) is 102 Å². The lowest BCUT2D eigenvalue weighted by Crippen LogP contribution is -1.88. The molecule has 9 aromatic rings. The highest BCUT2D eigenvalue weighted by molar-refractivity contribution is 9.11. The Kier molecular flexibility index (Phi) is 8.08. The van der Waals surface area contributed by atoms with Crippen LogP contribution in [0.4, 0.5) is 0 Å². The standard InChI is InChI=1S/C23H15Br.C23H17Br/c1-14-10-11-19-20(12-14)15-6-2-3-7-16(15)21-13-22(24)17-8-4-5-9-18(17)23(19)21;1-16-11-12-20(22(15-16)17-7-3-2-4-8-17)19-13-14-23(24)21-10-6-5-9-18(19)21/h2-13H,1H3;2-15H,1H3. The van der Waals surface area contributed by atoms with Crippen LogP contribution in [0.3, 0.4) is 0 Å². The topological polar surface area (TPSA) is 0 Å². The summed E-state index contributed by atoms with van der Waals surface area (Å²) in [5.41, 5.74) is 7.65. The van der Waals surface area contributed by atoms with Crippen LogP contribution in [-0.2, 0) is 0 Å². The van der Waals surface area contributed by atoms with Crippen molar-refractivity contribution in [3.63, 3.8) is 0 Å². The minimum absolute atomic E-state index is 1.13. The average molecular weight is 745 g/mol. The SMILES string of the molecule is Cc1ccc(-c2ccc(Br)c3ccccc23)c(-c2ccccc2)c1.Cc1ccc2c(c1)c1ccccc1c1cc(Br)c3ccccc3c21.